The summed E-state index contributed by atoms with van der Waals surface area (Å²) < 4.78 is 0. The van der Waals surface area contributed by atoms with Gasteiger partial charge in [-0.15, -0.1) is 0 Å². The first kappa shape index (κ1) is 15.6. The Morgan fingerprint density at radius 3 is 2.57 bits per heavy atom. The molecule has 1 heterocycles. The minimum atomic E-state index is -0.580. The van der Waals surface area contributed by atoms with Gasteiger partial charge in [0, 0.05) is 18.7 Å². The van der Waals surface area contributed by atoms with Gasteiger partial charge in [0.05, 0.1) is 5.02 Å². The van der Waals surface area contributed by atoms with Crippen LogP contribution in [0.3, 0.4) is 0 Å². The number of amides is 2. The van der Waals surface area contributed by atoms with E-state index in [9.17, 15) is 14.7 Å². The normalized spacial score (nSPS) is 16.4. The zero-order valence-electron chi connectivity index (χ0n) is 11.9. The second-order valence-corrected chi connectivity index (χ2v) is 5.65. The number of hydrogen-bond donors (Lipinski definition) is 2. The summed E-state index contributed by atoms with van der Waals surface area (Å²) in [7, 11) is 0. The topological polar surface area (TPSA) is 69.6 Å². The van der Waals surface area contributed by atoms with Crippen molar-refractivity contribution in [1.82, 2.24) is 10.2 Å². The van der Waals surface area contributed by atoms with Gasteiger partial charge in [0.2, 0.25) is 5.91 Å². The Labute approximate surface area is 128 Å². The fraction of sp³-hybridized carbons (Fsp3) is 0.467. The summed E-state index contributed by atoms with van der Waals surface area (Å²) in [6.45, 7) is 3.19. The summed E-state index contributed by atoms with van der Waals surface area (Å²) in [6.07, 6.45) is 3.18. The van der Waals surface area contributed by atoms with E-state index in [4.69, 9.17) is 11.6 Å². The number of aromatic hydroxyl groups is 1. The molecule has 1 fully saturated rings. The van der Waals surface area contributed by atoms with Crippen LogP contribution in [0.4, 0.5) is 0 Å². The highest BCUT2D eigenvalue weighted by Crippen LogP contribution is 2.23. The number of likely N-dealkylation sites (tertiary alicyclic amines) is 1. The van der Waals surface area contributed by atoms with Crippen molar-refractivity contribution in [2.24, 2.45) is 0 Å². The third kappa shape index (κ3) is 3.88. The van der Waals surface area contributed by atoms with Crippen LogP contribution in [0.5, 0.6) is 5.75 Å². The zero-order valence-corrected chi connectivity index (χ0v) is 12.7. The zero-order chi connectivity index (χ0) is 15.4. The second kappa shape index (κ2) is 6.80. The number of phenolic OH excluding ortho intramolecular Hbond substituents is 1. The fourth-order valence-corrected chi connectivity index (χ4v) is 2.56. The molecule has 1 saturated heterocycles. The van der Waals surface area contributed by atoms with Crippen LogP contribution in [0, 0.1) is 0 Å². The van der Waals surface area contributed by atoms with Crippen molar-refractivity contribution in [2.45, 2.75) is 32.2 Å². The molecule has 1 aliphatic heterocycles. The van der Waals surface area contributed by atoms with Gasteiger partial charge < -0.3 is 15.3 Å². The monoisotopic (exact) mass is 310 g/mol. The summed E-state index contributed by atoms with van der Waals surface area (Å²) in [6, 6.07) is 3.62. The minimum Gasteiger partial charge on any atom is -0.506 e. The fourth-order valence-electron chi connectivity index (χ4n) is 2.38. The molecule has 2 amide bonds. The molecule has 0 radical (unpaired) electrons. The molecule has 2 rings (SSSR count). The molecule has 0 saturated carbocycles. The Hall–Kier alpha value is -1.75. The van der Waals surface area contributed by atoms with Crippen LogP contribution in [0.15, 0.2) is 18.2 Å². The lowest BCUT2D eigenvalue weighted by Gasteiger charge is -2.29. The largest absolute Gasteiger partial charge is 0.506 e. The number of halogens is 1. The molecule has 1 atom stereocenters. The quantitative estimate of drug-likeness (QED) is 0.899. The van der Waals surface area contributed by atoms with Gasteiger partial charge in [-0.25, -0.2) is 0 Å². The first-order valence-electron chi connectivity index (χ1n) is 7.07. The molecule has 0 aromatic heterocycles. The van der Waals surface area contributed by atoms with Gasteiger partial charge in [-0.1, -0.05) is 11.6 Å². The van der Waals surface area contributed by atoms with Crippen LogP contribution in [-0.2, 0) is 4.79 Å². The number of nitrogens with zero attached hydrogens (tertiary/aromatic N) is 1. The van der Waals surface area contributed by atoms with Crippen LogP contribution in [0.25, 0.3) is 0 Å². The highest BCUT2D eigenvalue weighted by atomic mass is 35.5. The van der Waals surface area contributed by atoms with Crippen molar-refractivity contribution in [3.63, 3.8) is 0 Å². The van der Waals surface area contributed by atoms with Gasteiger partial charge in [-0.05, 0) is 44.4 Å². The molecule has 2 N–H and O–H groups in total. The molecule has 1 aliphatic rings. The molecule has 5 nitrogen and oxygen atoms in total. The third-order valence-electron chi connectivity index (χ3n) is 3.60. The summed E-state index contributed by atoms with van der Waals surface area (Å²) in [4.78, 5) is 26.1. The van der Waals surface area contributed by atoms with Gasteiger partial charge in [-0.3, -0.25) is 9.59 Å². The van der Waals surface area contributed by atoms with E-state index in [1.807, 2.05) is 0 Å². The van der Waals surface area contributed by atoms with Crippen molar-refractivity contribution in [2.75, 3.05) is 13.1 Å². The van der Waals surface area contributed by atoms with Crippen LogP contribution in [0.1, 0.15) is 36.5 Å². The number of phenols is 1. The van der Waals surface area contributed by atoms with E-state index >= 15 is 0 Å². The first-order valence-corrected chi connectivity index (χ1v) is 7.45. The molecule has 0 bridgehead atoms. The van der Waals surface area contributed by atoms with Crippen molar-refractivity contribution in [1.29, 1.82) is 0 Å². The molecule has 114 valence electrons. The van der Waals surface area contributed by atoms with Gasteiger partial charge in [0.25, 0.3) is 5.91 Å². The lowest BCUT2D eigenvalue weighted by Crippen LogP contribution is -2.48. The molecular weight excluding hydrogens is 292 g/mol. The Morgan fingerprint density at radius 1 is 1.29 bits per heavy atom. The van der Waals surface area contributed by atoms with E-state index in [2.05, 4.69) is 5.32 Å². The van der Waals surface area contributed by atoms with E-state index in [0.717, 1.165) is 32.4 Å². The molecule has 1 aromatic carbocycles. The third-order valence-corrected chi connectivity index (χ3v) is 3.90. The van der Waals surface area contributed by atoms with Crippen molar-refractivity contribution in [3.8, 4) is 5.75 Å². The maximum atomic E-state index is 12.2. The molecule has 1 aromatic rings. The second-order valence-electron chi connectivity index (χ2n) is 5.25. The summed E-state index contributed by atoms with van der Waals surface area (Å²) in [5.41, 5.74) is 0.316. The van der Waals surface area contributed by atoms with E-state index < -0.39 is 6.04 Å². The van der Waals surface area contributed by atoms with Crippen molar-refractivity contribution >= 4 is 23.4 Å². The smallest absolute Gasteiger partial charge is 0.251 e. The van der Waals surface area contributed by atoms with E-state index in [1.165, 1.54) is 18.2 Å². The van der Waals surface area contributed by atoms with Gasteiger partial charge in [0.15, 0.2) is 0 Å². The predicted octanol–water partition coefficient (Wildman–Crippen LogP) is 2.18. The van der Waals surface area contributed by atoms with Crippen molar-refractivity contribution < 1.29 is 14.7 Å². The van der Waals surface area contributed by atoms with E-state index in [0.29, 0.717) is 5.56 Å². The number of carbonyl (C=O) groups excluding carboxylic acids is 2. The molecular formula is C15H19ClN2O3. The number of benzene rings is 1. The molecule has 6 heteroatoms. The number of nitrogens with one attached hydrogen (secondary N) is 1. The molecule has 1 unspecified atom stereocenters. The van der Waals surface area contributed by atoms with Crippen molar-refractivity contribution in [3.05, 3.63) is 28.8 Å². The number of piperidine rings is 1. The molecule has 0 spiro atoms. The maximum Gasteiger partial charge on any atom is 0.251 e. The Kier molecular flexibility index (Phi) is 5.07. The van der Waals surface area contributed by atoms with Gasteiger partial charge in [0.1, 0.15) is 11.8 Å². The van der Waals surface area contributed by atoms with Crippen LogP contribution in [-0.4, -0.2) is 41.0 Å². The van der Waals surface area contributed by atoms with Gasteiger partial charge in [-0.2, -0.15) is 0 Å². The highest BCUT2D eigenvalue weighted by Gasteiger charge is 2.23. The Morgan fingerprint density at radius 2 is 1.95 bits per heavy atom. The minimum absolute atomic E-state index is 0.0621. The predicted molar refractivity (Wildman–Crippen MR) is 80.5 cm³/mol. The number of hydrogen-bond acceptors (Lipinski definition) is 3. The van der Waals surface area contributed by atoms with Gasteiger partial charge >= 0.3 is 0 Å². The Bertz CT molecular complexity index is 542. The Balaban J connectivity index is 1.97. The summed E-state index contributed by atoms with van der Waals surface area (Å²) in [5, 5.41) is 12.1. The number of rotatable bonds is 3. The number of carbonyl (C=O) groups is 2. The van der Waals surface area contributed by atoms with E-state index in [-0.39, 0.29) is 22.6 Å². The standard InChI is InChI=1S/C15H19ClN2O3/c1-10(15(21)18-7-3-2-4-8-18)17-14(20)11-5-6-13(19)12(16)9-11/h5-6,9-10,19H,2-4,7-8H2,1H3,(H,17,20). The lowest BCUT2D eigenvalue weighted by molar-refractivity contribution is -0.133. The maximum absolute atomic E-state index is 12.2. The molecule has 0 aliphatic carbocycles. The lowest BCUT2D eigenvalue weighted by atomic mass is 10.1. The van der Waals surface area contributed by atoms with Crippen LogP contribution in [0.2, 0.25) is 5.02 Å². The van der Waals surface area contributed by atoms with Crippen LogP contribution < -0.4 is 5.32 Å². The first-order chi connectivity index (χ1) is 9.99. The average Bonchev–Trinajstić information content (AvgIpc) is 2.50. The average molecular weight is 311 g/mol. The van der Waals surface area contributed by atoms with E-state index in [1.54, 1.807) is 11.8 Å². The summed E-state index contributed by atoms with van der Waals surface area (Å²) in [5.74, 6) is -0.520. The molecule has 21 heavy (non-hydrogen) atoms. The summed E-state index contributed by atoms with van der Waals surface area (Å²) >= 11 is 5.77. The highest BCUT2D eigenvalue weighted by molar-refractivity contribution is 6.32. The SMILES string of the molecule is CC(NC(=O)c1ccc(O)c(Cl)c1)C(=O)N1CCCCC1. The van der Waals surface area contributed by atoms with Crippen LogP contribution >= 0.6 is 11.6 Å².